The van der Waals surface area contributed by atoms with Crippen molar-refractivity contribution in [2.24, 2.45) is 0 Å². The number of thiophene rings is 1. The SMILES string of the molecule is COc1ccc(C(=O)NCC(=O)c2nc(-c3csc4c(F)cccc34)ccc2O)cc1OC. The van der Waals surface area contributed by atoms with Gasteiger partial charge in [-0.1, -0.05) is 12.1 Å². The van der Waals surface area contributed by atoms with E-state index in [-0.39, 0.29) is 29.4 Å². The summed E-state index contributed by atoms with van der Waals surface area (Å²) in [5.41, 5.74) is 1.16. The lowest BCUT2D eigenvalue weighted by atomic mass is 10.1. The molecule has 0 atom stereocenters. The summed E-state index contributed by atoms with van der Waals surface area (Å²) in [7, 11) is 2.94. The van der Waals surface area contributed by atoms with Gasteiger partial charge in [-0.2, -0.15) is 0 Å². The summed E-state index contributed by atoms with van der Waals surface area (Å²) in [5, 5.41) is 15.1. The predicted octanol–water partition coefficient (Wildman–Crippen LogP) is 4.44. The van der Waals surface area contributed by atoms with Crippen LogP contribution in [-0.4, -0.2) is 42.5 Å². The summed E-state index contributed by atoms with van der Waals surface area (Å²) in [6.07, 6.45) is 0. The number of pyridine rings is 1. The van der Waals surface area contributed by atoms with E-state index in [2.05, 4.69) is 10.3 Å². The van der Waals surface area contributed by atoms with Crippen LogP contribution in [0.15, 0.2) is 53.9 Å². The molecule has 2 heterocycles. The van der Waals surface area contributed by atoms with E-state index in [1.165, 1.54) is 49.8 Å². The van der Waals surface area contributed by atoms with Crippen LogP contribution < -0.4 is 14.8 Å². The van der Waals surface area contributed by atoms with Crippen LogP contribution in [0.3, 0.4) is 0 Å². The monoisotopic (exact) mass is 466 g/mol. The molecular weight excluding hydrogens is 447 g/mol. The summed E-state index contributed by atoms with van der Waals surface area (Å²) in [6.45, 7) is -0.379. The standard InChI is InChI=1S/C24H19FN2O5S/c1-31-20-9-6-13(10-21(20)32-2)24(30)26-11-19(29)22-18(28)8-7-17(27-22)15-12-33-23-14(15)4-3-5-16(23)25/h3-10,12,28H,11H2,1-2H3,(H,26,30). The van der Waals surface area contributed by atoms with Crippen molar-refractivity contribution < 1.29 is 28.6 Å². The van der Waals surface area contributed by atoms with E-state index >= 15 is 0 Å². The Kier molecular flexibility index (Phi) is 6.23. The van der Waals surface area contributed by atoms with E-state index in [9.17, 15) is 19.1 Å². The first-order chi connectivity index (χ1) is 15.9. The molecule has 168 valence electrons. The van der Waals surface area contributed by atoms with Crippen molar-refractivity contribution in [3.63, 3.8) is 0 Å². The fraction of sp³-hybridized carbons (Fsp3) is 0.125. The summed E-state index contributed by atoms with van der Waals surface area (Å²) in [5.74, 6) is -0.875. The van der Waals surface area contributed by atoms with E-state index in [4.69, 9.17) is 9.47 Å². The zero-order valence-corrected chi connectivity index (χ0v) is 18.5. The normalized spacial score (nSPS) is 10.8. The number of halogens is 1. The van der Waals surface area contributed by atoms with Gasteiger partial charge in [0.1, 0.15) is 11.6 Å². The first kappa shape index (κ1) is 22.2. The fourth-order valence-electron chi connectivity index (χ4n) is 3.35. The number of carbonyl (C=O) groups is 2. The fourth-order valence-corrected chi connectivity index (χ4v) is 4.32. The average Bonchev–Trinajstić information content (AvgIpc) is 3.27. The highest BCUT2D eigenvalue weighted by Gasteiger charge is 2.19. The van der Waals surface area contributed by atoms with Crippen molar-refractivity contribution in [2.75, 3.05) is 20.8 Å². The number of carbonyl (C=O) groups excluding carboxylic acids is 2. The molecular formula is C24H19FN2O5S. The number of Topliss-reactive ketones (excluding diaryl/α,β-unsaturated/α-hetero) is 1. The van der Waals surface area contributed by atoms with Gasteiger partial charge in [0, 0.05) is 21.9 Å². The Morgan fingerprint density at radius 3 is 2.64 bits per heavy atom. The molecule has 4 aromatic rings. The second-order valence-electron chi connectivity index (χ2n) is 7.01. The van der Waals surface area contributed by atoms with Gasteiger partial charge in [-0.3, -0.25) is 9.59 Å². The number of aromatic nitrogens is 1. The molecule has 7 nitrogen and oxygen atoms in total. The number of aromatic hydroxyl groups is 1. The van der Waals surface area contributed by atoms with Gasteiger partial charge >= 0.3 is 0 Å². The van der Waals surface area contributed by atoms with Crippen LogP contribution in [0, 0.1) is 5.82 Å². The van der Waals surface area contributed by atoms with Crippen molar-refractivity contribution in [1.82, 2.24) is 10.3 Å². The van der Waals surface area contributed by atoms with Gasteiger partial charge in [0.05, 0.1) is 31.2 Å². The number of nitrogens with zero attached hydrogens (tertiary/aromatic N) is 1. The quantitative estimate of drug-likeness (QED) is 0.391. The third-order valence-electron chi connectivity index (χ3n) is 5.02. The number of fused-ring (bicyclic) bond motifs is 1. The molecule has 2 N–H and O–H groups in total. The van der Waals surface area contributed by atoms with Crippen LogP contribution in [0.2, 0.25) is 0 Å². The first-order valence-electron chi connectivity index (χ1n) is 9.82. The number of amides is 1. The molecule has 0 fully saturated rings. The Morgan fingerprint density at radius 1 is 1.09 bits per heavy atom. The zero-order chi connectivity index (χ0) is 23.5. The summed E-state index contributed by atoms with van der Waals surface area (Å²) >= 11 is 1.23. The first-order valence-corrected chi connectivity index (χ1v) is 10.7. The van der Waals surface area contributed by atoms with Gasteiger partial charge in [-0.05, 0) is 36.4 Å². The summed E-state index contributed by atoms with van der Waals surface area (Å²) in [4.78, 5) is 29.5. The van der Waals surface area contributed by atoms with E-state index in [0.29, 0.717) is 32.8 Å². The summed E-state index contributed by atoms with van der Waals surface area (Å²) in [6, 6.07) is 12.3. The molecule has 0 aliphatic carbocycles. The number of hydrogen-bond donors (Lipinski definition) is 2. The maximum Gasteiger partial charge on any atom is 0.251 e. The van der Waals surface area contributed by atoms with Crippen molar-refractivity contribution in [3.8, 4) is 28.5 Å². The average molecular weight is 466 g/mol. The third kappa shape index (κ3) is 4.35. The molecule has 0 aliphatic rings. The van der Waals surface area contributed by atoms with Crippen molar-refractivity contribution in [1.29, 1.82) is 0 Å². The minimum Gasteiger partial charge on any atom is -0.506 e. The number of nitrogens with one attached hydrogen (secondary N) is 1. The van der Waals surface area contributed by atoms with Crippen LogP contribution in [0.25, 0.3) is 21.3 Å². The number of rotatable bonds is 7. The minimum absolute atomic E-state index is 0.184. The van der Waals surface area contributed by atoms with E-state index in [0.717, 1.165) is 0 Å². The molecule has 33 heavy (non-hydrogen) atoms. The molecule has 0 saturated carbocycles. The molecule has 0 radical (unpaired) electrons. The van der Waals surface area contributed by atoms with Gasteiger partial charge in [-0.25, -0.2) is 9.37 Å². The number of benzene rings is 2. The molecule has 4 rings (SSSR count). The minimum atomic E-state index is -0.575. The van der Waals surface area contributed by atoms with Crippen LogP contribution in [0.5, 0.6) is 17.2 Å². The topological polar surface area (TPSA) is 97.8 Å². The Bertz CT molecular complexity index is 1370. The number of methoxy groups -OCH3 is 2. The van der Waals surface area contributed by atoms with Gasteiger partial charge in [0.2, 0.25) is 5.78 Å². The maximum absolute atomic E-state index is 14.0. The van der Waals surface area contributed by atoms with Crippen LogP contribution in [0.1, 0.15) is 20.8 Å². The van der Waals surface area contributed by atoms with Crippen molar-refractivity contribution >= 4 is 33.1 Å². The lowest BCUT2D eigenvalue weighted by Gasteiger charge is -2.10. The van der Waals surface area contributed by atoms with Crippen molar-refractivity contribution in [3.05, 3.63) is 71.0 Å². The van der Waals surface area contributed by atoms with E-state index < -0.39 is 11.7 Å². The molecule has 0 saturated heterocycles. The Hall–Kier alpha value is -3.98. The van der Waals surface area contributed by atoms with Crippen LogP contribution >= 0.6 is 11.3 Å². The number of ether oxygens (including phenoxy) is 2. The lowest BCUT2D eigenvalue weighted by molar-refractivity contribution is 0.0900. The second kappa shape index (κ2) is 9.25. The Balaban J connectivity index is 1.54. The largest absolute Gasteiger partial charge is 0.506 e. The van der Waals surface area contributed by atoms with E-state index in [1.807, 2.05) is 0 Å². The third-order valence-corrected chi connectivity index (χ3v) is 6.03. The summed E-state index contributed by atoms with van der Waals surface area (Å²) < 4.78 is 24.9. The molecule has 0 unspecified atom stereocenters. The number of ketones is 1. The van der Waals surface area contributed by atoms with Crippen LogP contribution in [-0.2, 0) is 0 Å². The van der Waals surface area contributed by atoms with Gasteiger partial charge < -0.3 is 19.9 Å². The molecule has 2 aromatic carbocycles. The van der Waals surface area contributed by atoms with Gasteiger partial charge in [-0.15, -0.1) is 11.3 Å². The smallest absolute Gasteiger partial charge is 0.251 e. The number of hydrogen-bond acceptors (Lipinski definition) is 7. The van der Waals surface area contributed by atoms with E-state index in [1.54, 1.807) is 29.6 Å². The highest BCUT2D eigenvalue weighted by Crippen LogP contribution is 2.35. The molecule has 0 bridgehead atoms. The maximum atomic E-state index is 14.0. The Labute approximate surface area is 192 Å². The predicted molar refractivity (Wildman–Crippen MR) is 123 cm³/mol. The highest BCUT2D eigenvalue weighted by atomic mass is 32.1. The molecule has 2 aromatic heterocycles. The second-order valence-corrected chi connectivity index (χ2v) is 7.89. The van der Waals surface area contributed by atoms with Gasteiger partial charge in [0.15, 0.2) is 17.2 Å². The van der Waals surface area contributed by atoms with Gasteiger partial charge in [0.25, 0.3) is 5.91 Å². The molecule has 1 amide bonds. The van der Waals surface area contributed by atoms with Crippen LogP contribution in [0.4, 0.5) is 4.39 Å². The zero-order valence-electron chi connectivity index (χ0n) is 17.7. The lowest BCUT2D eigenvalue weighted by Crippen LogP contribution is -2.30. The molecule has 9 heteroatoms. The Morgan fingerprint density at radius 2 is 1.88 bits per heavy atom. The molecule has 0 spiro atoms. The highest BCUT2D eigenvalue weighted by molar-refractivity contribution is 7.17. The molecule has 0 aliphatic heterocycles. The van der Waals surface area contributed by atoms with Crippen molar-refractivity contribution in [2.45, 2.75) is 0 Å².